The third-order valence-electron chi connectivity index (χ3n) is 4.64. The number of nitrogens with one attached hydrogen (secondary N) is 1. The van der Waals surface area contributed by atoms with Gasteiger partial charge >= 0.3 is 0 Å². The molecule has 0 radical (unpaired) electrons. The predicted octanol–water partition coefficient (Wildman–Crippen LogP) is 1.44. The van der Waals surface area contributed by atoms with Crippen molar-refractivity contribution in [3.63, 3.8) is 0 Å². The molecule has 1 saturated carbocycles. The molecule has 21 heavy (non-hydrogen) atoms. The lowest BCUT2D eigenvalue weighted by Crippen LogP contribution is -2.42. The molecule has 0 aromatic heterocycles. The summed E-state index contributed by atoms with van der Waals surface area (Å²) >= 11 is 0. The van der Waals surface area contributed by atoms with Crippen LogP contribution >= 0.6 is 0 Å². The maximum Gasteiger partial charge on any atom is 0.203 e. The van der Waals surface area contributed by atoms with E-state index in [4.69, 9.17) is 14.2 Å². The lowest BCUT2D eigenvalue weighted by Gasteiger charge is -2.35. The number of fused-ring (bicyclic) bond motifs is 1. The van der Waals surface area contributed by atoms with Gasteiger partial charge in [-0.05, 0) is 49.9 Å². The van der Waals surface area contributed by atoms with E-state index in [1.54, 1.807) is 14.2 Å². The van der Waals surface area contributed by atoms with Crippen molar-refractivity contribution in [1.29, 1.82) is 0 Å². The fourth-order valence-corrected chi connectivity index (χ4v) is 3.47. The van der Waals surface area contributed by atoms with Gasteiger partial charge in [-0.3, -0.25) is 0 Å². The second-order valence-electron chi connectivity index (χ2n) is 5.87. The summed E-state index contributed by atoms with van der Waals surface area (Å²) in [5, 5.41) is 13.8. The van der Waals surface area contributed by atoms with E-state index in [1.165, 1.54) is 0 Å². The molecule has 4 atom stereocenters. The Morgan fingerprint density at radius 2 is 1.67 bits per heavy atom. The van der Waals surface area contributed by atoms with Gasteiger partial charge in [-0.1, -0.05) is 6.07 Å². The highest BCUT2D eigenvalue weighted by Gasteiger charge is 2.40. The zero-order chi connectivity index (χ0) is 14.8. The minimum atomic E-state index is -0.444. The number of hydrogen-bond acceptors (Lipinski definition) is 5. The normalized spacial score (nSPS) is 31.6. The molecular weight excluding hydrogens is 270 g/mol. The molecule has 5 nitrogen and oxygen atoms in total. The Hall–Kier alpha value is -1.46. The molecule has 2 aliphatic rings. The van der Waals surface area contributed by atoms with Crippen LogP contribution in [0.15, 0.2) is 18.2 Å². The number of aliphatic hydroxyl groups excluding tert-OH is 1. The molecule has 1 saturated heterocycles. The summed E-state index contributed by atoms with van der Waals surface area (Å²) in [4.78, 5) is 0. The molecule has 3 rings (SSSR count). The Morgan fingerprint density at radius 3 is 2.29 bits per heavy atom. The SMILES string of the molecule is COc1cccc(OC)c1O[C@@H]1C[C@@H]2CNC[C@@H]2C[C@H]1O. The second-order valence-corrected chi connectivity index (χ2v) is 5.87. The van der Waals surface area contributed by atoms with Crippen molar-refractivity contribution >= 4 is 0 Å². The van der Waals surface area contributed by atoms with Gasteiger partial charge in [0.15, 0.2) is 11.5 Å². The van der Waals surface area contributed by atoms with Gasteiger partial charge in [0, 0.05) is 0 Å². The molecular formula is C16H23NO4. The van der Waals surface area contributed by atoms with Crippen LogP contribution in [0.25, 0.3) is 0 Å². The van der Waals surface area contributed by atoms with E-state index in [-0.39, 0.29) is 6.10 Å². The Labute approximate surface area is 125 Å². The van der Waals surface area contributed by atoms with Crippen molar-refractivity contribution in [3.05, 3.63) is 18.2 Å². The highest BCUT2D eigenvalue weighted by molar-refractivity contribution is 5.51. The van der Waals surface area contributed by atoms with Crippen LogP contribution in [-0.4, -0.2) is 44.6 Å². The maximum absolute atomic E-state index is 10.4. The molecule has 2 N–H and O–H groups in total. The van der Waals surface area contributed by atoms with Crippen LogP contribution in [0.4, 0.5) is 0 Å². The lowest BCUT2D eigenvalue weighted by atomic mass is 9.78. The first-order chi connectivity index (χ1) is 10.2. The third-order valence-corrected chi connectivity index (χ3v) is 4.64. The van der Waals surface area contributed by atoms with Crippen LogP contribution in [0.2, 0.25) is 0 Å². The molecule has 1 heterocycles. The minimum absolute atomic E-state index is 0.212. The number of benzene rings is 1. The number of ether oxygens (including phenoxy) is 3. The van der Waals surface area contributed by atoms with E-state index in [0.29, 0.717) is 29.1 Å². The molecule has 0 bridgehead atoms. The van der Waals surface area contributed by atoms with Crippen molar-refractivity contribution in [2.24, 2.45) is 11.8 Å². The van der Waals surface area contributed by atoms with Gasteiger partial charge < -0.3 is 24.6 Å². The highest BCUT2D eigenvalue weighted by Crippen LogP contribution is 2.41. The molecule has 0 unspecified atom stereocenters. The summed E-state index contributed by atoms with van der Waals surface area (Å²) in [6.45, 7) is 2.02. The maximum atomic E-state index is 10.4. The largest absolute Gasteiger partial charge is 0.493 e. The second kappa shape index (κ2) is 6.12. The van der Waals surface area contributed by atoms with Crippen LogP contribution in [0, 0.1) is 11.8 Å². The average molecular weight is 293 g/mol. The van der Waals surface area contributed by atoms with E-state index in [1.807, 2.05) is 18.2 Å². The number of rotatable bonds is 4. The highest BCUT2D eigenvalue weighted by atomic mass is 16.5. The number of hydrogen-bond donors (Lipinski definition) is 2. The Kier molecular flexibility index (Phi) is 4.22. The average Bonchev–Trinajstić information content (AvgIpc) is 2.94. The van der Waals surface area contributed by atoms with Crippen LogP contribution in [0.1, 0.15) is 12.8 Å². The first-order valence-corrected chi connectivity index (χ1v) is 7.49. The van der Waals surface area contributed by atoms with Crippen LogP contribution < -0.4 is 19.5 Å². The summed E-state index contributed by atoms with van der Waals surface area (Å²) in [6, 6.07) is 5.54. The van der Waals surface area contributed by atoms with Crippen molar-refractivity contribution < 1.29 is 19.3 Å². The third kappa shape index (κ3) is 2.80. The van der Waals surface area contributed by atoms with E-state index >= 15 is 0 Å². The van der Waals surface area contributed by atoms with E-state index < -0.39 is 6.10 Å². The molecule has 0 spiro atoms. The van der Waals surface area contributed by atoms with Gasteiger partial charge in [0.25, 0.3) is 0 Å². The summed E-state index contributed by atoms with van der Waals surface area (Å²) < 4.78 is 16.8. The van der Waals surface area contributed by atoms with Crippen molar-refractivity contribution in [2.45, 2.75) is 25.0 Å². The molecule has 0 amide bonds. The number of methoxy groups -OCH3 is 2. The fourth-order valence-electron chi connectivity index (χ4n) is 3.47. The zero-order valence-corrected chi connectivity index (χ0v) is 12.5. The lowest BCUT2D eigenvalue weighted by molar-refractivity contribution is -0.0249. The Balaban J connectivity index is 1.79. The minimum Gasteiger partial charge on any atom is -0.493 e. The number of aliphatic hydroxyl groups is 1. The van der Waals surface area contributed by atoms with Gasteiger partial charge in [0.2, 0.25) is 5.75 Å². The van der Waals surface area contributed by atoms with Gasteiger partial charge in [-0.2, -0.15) is 0 Å². The van der Waals surface area contributed by atoms with Crippen LogP contribution in [0.3, 0.4) is 0 Å². The summed E-state index contributed by atoms with van der Waals surface area (Å²) in [7, 11) is 3.21. The van der Waals surface area contributed by atoms with Crippen molar-refractivity contribution in [3.8, 4) is 17.2 Å². The van der Waals surface area contributed by atoms with Gasteiger partial charge in [-0.15, -0.1) is 0 Å². The van der Waals surface area contributed by atoms with Crippen molar-refractivity contribution in [2.75, 3.05) is 27.3 Å². The Morgan fingerprint density at radius 1 is 1.05 bits per heavy atom. The topological polar surface area (TPSA) is 60.0 Å². The first-order valence-electron chi connectivity index (χ1n) is 7.49. The summed E-state index contributed by atoms with van der Waals surface area (Å²) in [5.74, 6) is 3.00. The molecule has 116 valence electrons. The molecule has 1 aliphatic carbocycles. The molecule has 5 heteroatoms. The van der Waals surface area contributed by atoms with E-state index in [2.05, 4.69) is 5.32 Å². The van der Waals surface area contributed by atoms with Crippen LogP contribution in [-0.2, 0) is 0 Å². The van der Waals surface area contributed by atoms with Gasteiger partial charge in [0.1, 0.15) is 6.10 Å². The quantitative estimate of drug-likeness (QED) is 0.880. The van der Waals surface area contributed by atoms with E-state index in [9.17, 15) is 5.11 Å². The van der Waals surface area contributed by atoms with Gasteiger partial charge in [-0.25, -0.2) is 0 Å². The van der Waals surface area contributed by atoms with Crippen LogP contribution in [0.5, 0.6) is 17.2 Å². The zero-order valence-electron chi connectivity index (χ0n) is 12.5. The monoisotopic (exact) mass is 293 g/mol. The standard InChI is InChI=1S/C16H23NO4/c1-19-13-4-3-5-14(20-2)16(13)21-15-7-11-9-17-8-10(11)6-12(15)18/h3-5,10-12,15,17-18H,6-9H2,1-2H3/t10-,11+,12+,15+/m0/s1. The van der Waals surface area contributed by atoms with Crippen molar-refractivity contribution in [1.82, 2.24) is 5.32 Å². The summed E-state index contributed by atoms with van der Waals surface area (Å²) in [6.07, 6.45) is 0.997. The van der Waals surface area contributed by atoms with E-state index in [0.717, 1.165) is 25.9 Å². The molecule has 2 fully saturated rings. The smallest absolute Gasteiger partial charge is 0.203 e. The Bertz CT molecular complexity index is 471. The predicted molar refractivity (Wildman–Crippen MR) is 79.1 cm³/mol. The first kappa shape index (κ1) is 14.5. The molecule has 1 aromatic rings. The fraction of sp³-hybridized carbons (Fsp3) is 0.625. The molecule has 1 aliphatic heterocycles. The van der Waals surface area contributed by atoms with Gasteiger partial charge in [0.05, 0.1) is 20.3 Å². The number of para-hydroxylation sites is 1. The summed E-state index contributed by atoms with van der Waals surface area (Å²) in [5.41, 5.74) is 0. The molecule has 1 aromatic carbocycles.